The molecule has 9 heteroatoms. The Bertz CT molecular complexity index is 201. The van der Waals surface area contributed by atoms with Crippen molar-refractivity contribution in [1.82, 2.24) is 10.6 Å². The van der Waals surface area contributed by atoms with Crippen LogP contribution in [0.25, 0.3) is 0 Å². The van der Waals surface area contributed by atoms with Crippen LogP contribution < -0.4 is 22.1 Å². The summed E-state index contributed by atoms with van der Waals surface area (Å²) in [5.41, 5.74) is 9.20. The van der Waals surface area contributed by atoms with Gasteiger partial charge in [0.25, 0.3) is 0 Å². The van der Waals surface area contributed by atoms with Crippen LogP contribution in [0.2, 0.25) is 0 Å². The molecule has 0 aromatic carbocycles. The van der Waals surface area contributed by atoms with Crippen LogP contribution in [0.4, 0.5) is 9.59 Å². The average molecular weight is 194 g/mol. The summed E-state index contributed by atoms with van der Waals surface area (Å²) in [6.45, 7) is 0. The standard InChI is InChI=1S/C4H8N4O4.H2O/c5-3(11)7-1(2(9)10)8-4(6)12;/h1H,(H,9,10)(H3,5,7,11)(H3,6,8,12);1H2. The molecule has 0 heterocycles. The van der Waals surface area contributed by atoms with Crippen LogP contribution in [0.3, 0.4) is 0 Å². The molecule has 9 nitrogen and oxygen atoms in total. The first kappa shape index (κ1) is 13.6. The number of nitrogens with one attached hydrogen (secondary N) is 2. The van der Waals surface area contributed by atoms with E-state index in [9.17, 15) is 14.4 Å². The van der Waals surface area contributed by atoms with E-state index >= 15 is 0 Å². The number of carboxylic acid groups (broad SMARTS) is 1. The number of hydrogen-bond donors (Lipinski definition) is 5. The zero-order valence-corrected chi connectivity index (χ0v) is 6.40. The highest BCUT2D eigenvalue weighted by Gasteiger charge is 2.19. The zero-order chi connectivity index (χ0) is 9.72. The molecule has 9 N–H and O–H groups in total. The number of aliphatic carboxylic acids is 1. The third kappa shape index (κ3) is 6.37. The second-order valence-corrected chi connectivity index (χ2v) is 1.79. The number of hydrogen-bond acceptors (Lipinski definition) is 3. The summed E-state index contributed by atoms with van der Waals surface area (Å²) in [6.07, 6.45) is -1.60. The maximum Gasteiger partial charge on any atom is 0.347 e. The maximum atomic E-state index is 10.2. The number of amides is 4. The molecule has 0 aromatic rings. The van der Waals surface area contributed by atoms with Gasteiger partial charge in [-0.2, -0.15) is 0 Å². The topological polar surface area (TPSA) is 179 Å². The highest BCUT2D eigenvalue weighted by Crippen LogP contribution is 1.76. The molecule has 0 aromatic heterocycles. The normalized spacial score (nSPS) is 8.38. The maximum absolute atomic E-state index is 10.2. The lowest BCUT2D eigenvalue weighted by atomic mass is 10.5. The zero-order valence-electron chi connectivity index (χ0n) is 6.40. The number of rotatable bonds is 3. The molecule has 0 saturated carbocycles. The first-order valence-electron chi connectivity index (χ1n) is 2.78. The highest BCUT2D eigenvalue weighted by atomic mass is 16.4. The van der Waals surface area contributed by atoms with Crippen molar-refractivity contribution in [3.63, 3.8) is 0 Å². The van der Waals surface area contributed by atoms with Crippen molar-refractivity contribution in [2.45, 2.75) is 6.17 Å². The van der Waals surface area contributed by atoms with Crippen molar-refractivity contribution in [1.29, 1.82) is 0 Å². The second kappa shape index (κ2) is 5.60. The van der Waals surface area contributed by atoms with E-state index in [0.29, 0.717) is 0 Å². The third-order valence-electron chi connectivity index (χ3n) is 0.820. The molecule has 76 valence electrons. The van der Waals surface area contributed by atoms with Gasteiger partial charge in [0.05, 0.1) is 0 Å². The van der Waals surface area contributed by atoms with Crippen molar-refractivity contribution in [2.24, 2.45) is 11.5 Å². The van der Waals surface area contributed by atoms with Crippen LogP contribution in [-0.4, -0.2) is 34.8 Å². The first-order valence-corrected chi connectivity index (χ1v) is 2.78. The highest BCUT2D eigenvalue weighted by molar-refractivity contribution is 5.85. The Kier molecular flexibility index (Phi) is 5.84. The van der Waals surface area contributed by atoms with Crippen LogP contribution in [0.5, 0.6) is 0 Å². The van der Waals surface area contributed by atoms with Gasteiger partial charge in [0.2, 0.25) is 6.17 Å². The van der Waals surface area contributed by atoms with E-state index in [1.54, 1.807) is 10.6 Å². The van der Waals surface area contributed by atoms with Crippen LogP contribution in [-0.2, 0) is 4.79 Å². The molecule has 0 unspecified atom stereocenters. The Hall–Kier alpha value is -2.03. The predicted molar refractivity (Wildman–Crippen MR) is 40.5 cm³/mol. The molecule has 0 atom stereocenters. The van der Waals surface area contributed by atoms with Crippen molar-refractivity contribution in [3.8, 4) is 0 Å². The minimum absolute atomic E-state index is 0. The van der Waals surface area contributed by atoms with Crippen molar-refractivity contribution in [2.75, 3.05) is 0 Å². The van der Waals surface area contributed by atoms with Crippen LogP contribution in [0.15, 0.2) is 0 Å². The number of carboxylic acids is 1. The summed E-state index contributed by atoms with van der Waals surface area (Å²) in [4.78, 5) is 30.5. The second-order valence-electron chi connectivity index (χ2n) is 1.79. The number of primary amides is 2. The lowest BCUT2D eigenvalue weighted by Crippen LogP contribution is -2.55. The minimum Gasteiger partial charge on any atom is -0.478 e. The third-order valence-corrected chi connectivity index (χ3v) is 0.820. The summed E-state index contributed by atoms with van der Waals surface area (Å²) < 4.78 is 0. The molecule has 0 radical (unpaired) electrons. The van der Waals surface area contributed by atoms with Crippen LogP contribution in [0.1, 0.15) is 0 Å². The number of nitrogens with two attached hydrogens (primary N) is 2. The molecule has 0 aliphatic heterocycles. The van der Waals surface area contributed by atoms with Gasteiger partial charge in [-0.15, -0.1) is 0 Å². The van der Waals surface area contributed by atoms with Crippen molar-refractivity contribution >= 4 is 18.0 Å². The van der Waals surface area contributed by atoms with Gasteiger partial charge in [0.15, 0.2) is 0 Å². The summed E-state index contributed by atoms with van der Waals surface area (Å²) in [5.74, 6) is -1.47. The van der Waals surface area contributed by atoms with E-state index in [-0.39, 0.29) is 5.48 Å². The Morgan fingerprint density at radius 1 is 1.08 bits per heavy atom. The fourth-order valence-corrected chi connectivity index (χ4v) is 0.444. The Labute approximate surface area is 72.4 Å². The first-order chi connectivity index (χ1) is 5.43. The summed E-state index contributed by atoms with van der Waals surface area (Å²) in [5, 5.41) is 11.8. The van der Waals surface area contributed by atoms with E-state index in [1.165, 1.54) is 0 Å². The van der Waals surface area contributed by atoms with Gasteiger partial charge >= 0.3 is 18.0 Å². The van der Waals surface area contributed by atoms with Gasteiger partial charge in [-0.05, 0) is 0 Å². The number of carbonyl (C=O) groups is 3. The van der Waals surface area contributed by atoms with Crippen LogP contribution >= 0.6 is 0 Å². The largest absolute Gasteiger partial charge is 0.478 e. The van der Waals surface area contributed by atoms with Crippen molar-refractivity contribution < 1.29 is 25.0 Å². The molecule has 4 amide bonds. The van der Waals surface area contributed by atoms with Gasteiger partial charge in [-0.1, -0.05) is 0 Å². The SMILES string of the molecule is NC(=O)NC(NC(N)=O)C(=O)O.O. The van der Waals surface area contributed by atoms with E-state index in [2.05, 4.69) is 11.5 Å². The Morgan fingerprint density at radius 2 is 1.38 bits per heavy atom. The Balaban J connectivity index is 0. The fourth-order valence-electron chi connectivity index (χ4n) is 0.444. The average Bonchev–Trinajstić information content (AvgIpc) is 1.83. The molecule has 0 aliphatic carbocycles. The Morgan fingerprint density at radius 3 is 1.54 bits per heavy atom. The molecule has 0 bridgehead atoms. The summed E-state index contributed by atoms with van der Waals surface area (Å²) in [6, 6.07) is -2.15. The quantitative estimate of drug-likeness (QED) is 0.299. The number of urea groups is 2. The van der Waals surface area contributed by atoms with Gasteiger partial charge in [-0.3, -0.25) is 0 Å². The molecule has 13 heavy (non-hydrogen) atoms. The van der Waals surface area contributed by atoms with E-state index in [1.807, 2.05) is 0 Å². The summed E-state index contributed by atoms with van der Waals surface area (Å²) in [7, 11) is 0. The van der Waals surface area contributed by atoms with Gasteiger partial charge in [0, 0.05) is 0 Å². The van der Waals surface area contributed by atoms with E-state index in [4.69, 9.17) is 5.11 Å². The molecule has 0 spiro atoms. The minimum atomic E-state index is -1.60. The van der Waals surface area contributed by atoms with Gasteiger partial charge < -0.3 is 32.7 Å². The molecule has 0 aliphatic rings. The molecule has 0 rings (SSSR count). The van der Waals surface area contributed by atoms with Gasteiger partial charge in [-0.25, -0.2) is 14.4 Å². The lowest BCUT2D eigenvalue weighted by Gasteiger charge is -2.12. The van der Waals surface area contributed by atoms with Gasteiger partial charge in [0.1, 0.15) is 0 Å². The lowest BCUT2D eigenvalue weighted by molar-refractivity contribution is -0.139. The van der Waals surface area contributed by atoms with E-state index < -0.39 is 24.2 Å². The molecular weight excluding hydrogens is 184 g/mol. The smallest absolute Gasteiger partial charge is 0.347 e. The van der Waals surface area contributed by atoms with E-state index in [0.717, 1.165) is 0 Å². The molecule has 0 fully saturated rings. The molecule has 0 saturated heterocycles. The predicted octanol–water partition coefficient (Wildman–Crippen LogP) is -3.09. The van der Waals surface area contributed by atoms with Crippen LogP contribution in [0, 0.1) is 0 Å². The molecular formula is C4H10N4O5. The summed E-state index contributed by atoms with van der Waals surface area (Å²) >= 11 is 0. The number of carbonyl (C=O) groups excluding carboxylic acids is 2. The van der Waals surface area contributed by atoms with Crippen molar-refractivity contribution in [3.05, 3.63) is 0 Å². The fraction of sp³-hybridized carbons (Fsp3) is 0.250. The monoisotopic (exact) mass is 194 g/mol.